The van der Waals surface area contributed by atoms with Crippen LogP contribution in [0.4, 0.5) is 5.82 Å². The number of hydrogen-bond donors (Lipinski definition) is 1. The number of carbonyl (C=O) groups excluding carboxylic acids is 3. The zero-order valence-corrected chi connectivity index (χ0v) is 20.0. The number of likely N-dealkylation sites (tertiary alicyclic amines) is 1. The number of carbonyl (C=O) groups is 3. The molecule has 0 bridgehead atoms. The number of para-hydroxylation sites is 1. The van der Waals surface area contributed by atoms with Crippen LogP contribution in [0.15, 0.2) is 36.4 Å². The van der Waals surface area contributed by atoms with E-state index in [1.54, 1.807) is 16.5 Å². The molecule has 33 heavy (non-hydrogen) atoms. The van der Waals surface area contributed by atoms with Crippen LogP contribution < -0.4 is 5.32 Å². The van der Waals surface area contributed by atoms with E-state index < -0.39 is 0 Å². The fourth-order valence-corrected chi connectivity index (χ4v) is 3.81. The molecule has 2 aromatic rings. The van der Waals surface area contributed by atoms with Crippen molar-refractivity contribution in [1.29, 1.82) is 0 Å². The maximum Gasteiger partial charge on any atom is 0.309 e. The van der Waals surface area contributed by atoms with Gasteiger partial charge in [-0.25, -0.2) is 4.68 Å². The van der Waals surface area contributed by atoms with E-state index in [0.717, 1.165) is 11.4 Å². The van der Waals surface area contributed by atoms with Gasteiger partial charge in [0.2, 0.25) is 11.8 Å². The number of esters is 1. The Morgan fingerprint density at radius 1 is 1.09 bits per heavy atom. The van der Waals surface area contributed by atoms with Gasteiger partial charge in [-0.1, -0.05) is 39.0 Å². The lowest BCUT2D eigenvalue weighted by Gasteiger charge is -2.30. The first-order chi connectivity index (χ1) is 15.7. The molecule has 8 nitrogen and oxygen atoms in total. The Balaban J connectivity index is 1.57. The summed E-state index contributed by atoms with van der Waals surface area (Å²) in [4.78, 5) is 38.9. The molecule has 1 aliphatic heterocycles. The minimum absolute atomic E-state index is 0.0700. The van der Waals surface area contributed by atoms with E-state index in [2.05, 4.69) is 26.1 Å². The van der Waals surface area contributed by atoms with E-state index >= 15 is 0 Å². The Morgan fingerprint density at radius 2 is 1.76 bits per heavy atom. The summed E-state index contributed by atoms with van der Waals surface area (Å²) in [6.07, 6.45) is 1.41. The predicted octanol–water partition coefficient (Wildman–Crippen LogP) is 3.69. The van der Waals surface area contributed by atoms with Gasteiger partial charge >= 0.3 is 5.97 Å². The molecule has 0 atom stereocenters. The van der Waals surface area contributed by atoms with Gasteiger partial charge in [-0.05, 0) is 31.9 Å². The lowest BCUT2D eigenvalue weighted by Crippen LogP contribution is -2.40. The minimum atomic E-state index is -0.234. The average molecular weight is 455 g/mol. The van der Waals surface area contributed by atoms with Crippen LogP contribution in [0.5, 0.6) is 0 Å². The van der Waals surface area contributed by atoms with Crippen molar-refractivity contribution in [1.82, 2.24) is 14.7 Å². The molecular weight excluding hydrogens is 420 g/mol. The van der Waals surface area contributed by atoms with Gasteiger partial charge in [0.15, 0.2) is 0 Å². The van der Waals surface area contributed by atoms with Crippen molar-refractivity contribution in [3.05, 3.63) is 42.1 Å². The number of anilines is 1. The molecule has 0 spiro atoms. The number of benzene rings is 1. The molecule has 2 amide bonds. The van der Waals surface area contributed by atoms with Crippen LogP contribution in [-0.4, -0.2) is 52.2 Å². The zero-order valence-electron chi connectivity index (χ0n) is 20.0. The third-order valence-corrected chi connectivity index (χ3v) is 5.78. The summed E-state index contributed by atoms with van der Waals surface area (Å²) in [6, 6.07) is 11.5. The molecule has 1 fully saturated rings. The van der Waals surface area contributed by atoms with Crippen molar-refractivity contribution in [2.45, 2.75) is 58.8 Å². The monoisotopic (exact) mass is 454 g/mol. The Labute approximate surface area is 195 Å². The van der Waals surface area contributed by atoms with Gasteiger partial charge < -0.3 is 15.0 Å². The van der Waals surface area contributed by atoms with E-state index in [1.165, 1.54) is 0 Å². The highest BCUT2D eigenvalue weighted by atomic mass is 16.5. The summed E-state index contributed by atoms with van der Waals surface area (Å²) >= 11 is 0. The predicted molar refractivity (Wildman–Crippen MR) is 126 cm³/mol. The topological polar surface area (TPSA) is 93.5 Å². The third kappa shape index (κ3) is 6.43. The van der Waals surface area contributed by atoms with Crippen molar-refractivity contribution in [2.24, 2.45) is 5.92 Å². The number of aromatic nitrogens is 2. The second-order valence-electron chi connectivity index (χ2n) is 9.37. The average Bonchev–Trinajstić information content (AvgIpc) is 3.22. The highest BCUT2D eigenvalue weighted by Gasteiger charge is 2.28. The van der Waals surface area contributed by atoms with Crippen molar-refractivity contribution in [3.8, 4) is 5.69 Å². The van der Waals surface area contributed by atoms with Crippen LogP contribution in [0.2, 0.25) is 0 Å². The summed E-state index contributed by atoms with van der Waals surface area (Å²) in [5.41, 5.74) is 1.54. The van der Waals surface area contributed by atoms with E-state index in [4.69, 9.17) is 9.84 Å². The van der Waals surface area contributed by atoms with Gasteiger partial charge in [0.1, 0.15) is 5.82 Å². The minimum Gasteiger partial charge on any atom is -0.466 e. The Bertz CT molecular complexity index is 970. The first-order valence-electron chi connectivity index (χ1n) is 11.6. The van der Waals surface area contributed by atoms with Gasteiger partial charge in [-0.15, -0.1) is 0 Å². The van der Waals surface area contributed by atoms with Gasteiger partial charge in [0.05, 0.1) is 23.9 Å². The molecule has 2 heterocycles. The maximum absolute atomic E-state index is 12.7. The number of nitrogens with zero attached hydrogens (tertiary/aromatic N) is 3. The summed E-state index contributed by atoms with van der Waals surface area (Å²) < 4.78 is 6.80. The summed E-state index contributed by atoms with van der Waals surface area (Å²) in [5, 5.41) is 7.62. The first-order valence-corrected chi connectivity index (χ1v) is 11.6. The summed E-state index contributed by atoms with van der Waals surface area (Å²) in [5.74, 6) is -0.0539. The molecule has 1 aliphatic rings. The summed E-state index contributed by atoms with van der Waals surface area (Å²) in [6.45, 7) is 9.39. The molecule has 3 rings (SSSR count). The highest BCUT2D eigenvalue weighted by Crippen LogP contribution is 2.26. The Kier molecular flexibility index (Phi) is 7.89. The van der Waals surface area contributed by atoms with E-state index in [9.17, 15) is 14.4 Å². The van der Waals surface area contributed by atoms with Gasteiger partial charge in [0.25, 0.3) is 0 Å². The highest BCUT2D eigenvalue weighted by molar-refractivity contribution is 5.93. The molecule has 1 aromatic carbocycles. The normalized spacial score (nSPS) is 14.7. The van der Waals surface area contributed by atoms with E-state index in [0.29, 0.717) is 38.4 Å². The zero-order chi connectivity index (χ0) is 24.0. The van der Waals surface area contributed by atoms with Crippen molar-refractivity contribution < 1.29 is 19.1 Å². The fourth-order valence-electron chi connectivity index (χ4n) is 3.81. The van der Waals surface area contributed by atoms with Crippen LogP contribution in [0.3, 0.4) is 0 Å². The molecular formula is C25H34N4O4. The SMILES string of the molecule is CCOC(=O)C1CCN(C(=O)CCC(=O)Nc2cc(C(C)(C)C)nn2-c2ccccc2)CC1. The number of piperidine rings is 1. The van der Waals surface area contributed by atoms with Crippen LogP contribution in [0.25, 0.3) is 5.69 Å². The molecule has 1 saturated heterocycles. The number of nitrogens with one attached hydrogen (secondary N) is 1. The number of rotatable bonds is 7. The van der Waals surface area contributed by atoms with Gasteiger partial charge in [0, 0.05) is 37.4 Å². The first kappa shape index (κ1) is 24.5. The number of amides is 2. The van der Waals surface area contributed by atoms with Gasteiger partial charge in [-0.3, -0.25) is 14.4 Å². The Hall–Kier alpha value is -3.16. The molecule has 8 heteroatoms. The lowest BCUT2D eigenvalue weighted by molar-refractivity contribution is -0.151. The van der Waals surface area contributed by atoms with Gasteiger partial charge in [-0.2, -0.15) is 5.10 Å². The molecule has 1 aromatic heterocycles. The maximum atomic E-state index is 12.7. The molecule has 0 unspecified atom stereocenters. The van der Waals surface area contributed by atoms with E-state index in [1.807, 2.05) is 36.4 Å². The fraction of sp³-hybridized carbons (Fsp3) is 0.520. The van der Waals surface area contributed by atoms with Crippen LogP contribution in [-0.2, 0) is 24.5 Å². The molecule has 0 radical (unpaired) electrons. The van der Waals surface area contributed by atoms with E-state index in [-0.39, 0.29) is 42.0 Å². The molecule has 0 aliphatic carbocycles. The Morgan fingerprint density at radius 3 is 2.36 bits per heavy atom. The van der Waals surface area contributed by atoms with Crippen molar-refractivity contribution in [2.75, 3.05) is 25.0 Å². The van der Waals surface area contributed by atoms with Crippen molar-refractivity contribution >= 4 is 23.6 Å². The van der Waals surface area contributed by atoms with Crippen LogP contribution in [0, 0.1) is 5.92 Å². The standard InChI is InChI=1S/C25H34N4O4/c1-5-33-24(32)18-13-15-28(16-14-18)23(31)12-11-22(30)26-21-17-20(25(2,3)4)27-29(21)19-9-7-6-8-10-19/h6-10,17-18H,5,11-16H2,1-4H3,(H,26,30). The van der Waals surface area contributed by atoms with Crippen LogP contribution in [0.1, 0.15) is 59.1 Å². The molecule has 1 N–H and O–H groups in total. The quantitative estimate of drug-likeness (QED) is 0.644. The van der Waals surface area contributed by atoms with Crippen molar-refractivity contribution in [3.63, 3.8) is 0 Å². The second-order valence-corrected chi connectivity index (χ2v) is 9.37. The second kappa shape index (κ2) is 10.6. The third-order valence-electron chi connectivity index (χ3n) is 5.78. The smallest absolute Gasteiger partial charge is 0.309 e. The lowest BCUT2D eigenvalue weighted by atomic mass is 9.92. The molecule has 178 valence electrons. The summed E-state index contributed by atoms with van der Waals surface area (Å²) in [7, 11) is 0. The molecule has 0 saturated carbocycles. The largest absolute Gasteiger partial charge is 0.466 e. The number of hydrogen-bond acceptors (Lipinski definition) is 5. The number of ether oxygens (including phenoxy) is 1. The van der Waals surface area contributed by atoms with Crippen LogP contribution >= 0.6 is 0 Å².